The average Bonchev–Trinajstić information content (AvgIpc) is 3.22. The molecule has 6 atom stereocenters. The van der Waals surface area contributed by atoms with Gasteiger partial charge in [-0.1, -0.05) is 20.8 Å². The molecule has 3 heterocycles. The fourth-order valence-electron chi connectivity index (χ4n) is 5.71. The maximum absolute atomic E-state index is 12.4. The van der Waals surface area contributed by atoms with Gasteiger partial charge >= 0.3 is 5.97 Å². The van der Waals surface area contributed by atoms with Crippen LogP contribution < -0.4 is 5.32 Å². The molecule has 2 aromatic rings. The molecule has 0 aromatic carbocycles. The molecule has 0 bridgehead atoms. The van der Waals surface area contributed by atoms with E-state index in [1.807, 2.05) is 6.92 Å². The van der Waals surface area contributed by atoms with E-state index < -0.39 is 0 Å². The van der Waals surface area contributed by atoms with Crippen LogP contribution in [0, 0.1) is 23.2 Å². The van der Waals surface area contributed by atoms with Crippen LogP contribution >= 0.6 is 11.3 Å². The SMILES string of the molecule is C[C@@H]1C(=O)O[C@H]2[C@H]1CC[C@]1(C)Cc3sc(NC(=O)c4cnccn4)nc3[C@@H](C)[C@H]21. The van der Waals surface area contributed by atoms with Gasteiger partial charge in [-0.25, -0.2) is 9.97 Å². The van der Waals surface area contributed by atoms with Gasteiger partial charge in [-0.05, 0) is 24.7 Å². The summed E-state index contributed by atoms with van der Waals surface area (Å²) in [6, 6.07) is 0. The lowest BCUT2D eigenvalue weighted by atomic mass is 9.54. The second kappa shape index (κ2) is 6.58. The molecule has 1 aliphatic heterocycles. The third-order valence-corrected chi connectivity index (χ3v) is 8.16. The lowest BCUT2D eigenvalue weighted by Gasteiger charge is -2.51. The minimum atomic E-state index is -0.306. The van der Waals surface area contributed by atoms with Crippen molar-refractivity contribution in [3.05, 3.63) is 34.9 Å². The zero-order chi connectivity index (χ0) is 20.3. The Morgan fingerprint density at radius 1 is 1.31 bits per heavy atom. The molecule has 8 heteroatoms. The van der Waals surface area contributed by atoms with Gasteiger partial charge in [0.25, 0.3) is 5.91 Å². The second-order valence-corrected chi connectivity index (χ2v) is 9.99. The Hall–Kier alpha value is -2.35. The molecule has 3 aliphatic rings. The number of esters is 1. The van der Waals surface area contributed by atoms with Crippen molar-refractivity contribution in [1.29, 1.82) is 0 Å². The van der Waals surface area contributed by atoms with Gasteiger partial charge in [0.15, 0.2) is 5.13 Å². The molecule has 0 radical (unpaired) electrons. The maximum Gasteiger partial charge on any atom is 0.309 e. The van der Waals surface area contributed by atoms with Crippen molar-refractivity contribution in [1.82, 2.24) is 15.0 Å². The van der Waals surface area contributed by atoms with Gasteiger partial charge in [0.1, 0.15) is 11.8 Å². The quantitative estimate of drug-likeness (QED) is 0.760. The number of hydrogen-bond donors (Lipinski definition) is 1. The number of carbonyl (C=O) groups excluding carboxylic acids is 2. The van der Waals surface area contributed by atoms with E-state index in [1.165, 1.54) is 23.5 Å². The fourth-order valence-corrected chi connectivity index (χ4v) is 6.97. The number of rotatable bonds is 2. The lowest BCUT2D eigenvalue weighted by Crippen LogP contribution is -2.50. The van der Waals surface area contributed by atoms with Crippen molar-refractivity contribution in [2.45, 2.75) is 52.1 Å². The fraction of sp³-hybridized carbons (Fsp3) is 0.571. The Morgan fingerprint density at radius 3 is 2.90 bits per heavy atom. The normalized spacial score (nSPS) is 35.3. The number of aromatic nitrogens is 3. The summed E-state index contributed by atoms with van der Waals surface area (Å²) in [6.07, 6.45) is 7.47. The minimum Gasteiger partial charge on any atom is -0.461 e. The predicted octanol–water partition coefficient (Wildman–Crippen LogP) is 3.44. The third-order valence-electron chi connectivity index (χ3n) is 7.17. The molecule has 1 amide bonds. The van der Waals surface area contributed by atoms with Gasteiger partial charge in [-0.2, -0.15) is 0 Å². The number of thiazole rings is 1. The predicted molar refractivity (Wildman–Crippen MR) is 108 cm³/mol. The van der Waals surface area contributed by atoms with E-state index in [0.29, 0.717) is 11.0 Å². The van der Waals surface area contributed by atoms with Crippen molar-refractivity contribution in [3.63, 3.8) is 0 Å². The summed E-state index contributed by atoms with van der Waals surface area (Å²) < 4.78 is 5.88. The highest BCUT2D eigenvalue weighted by molar-refractivity contribution is 7.15. The van der Waals surface area contributed by atoms with E-state index in [0.717, 1.165) is 25.0 Å². The molecule has 1 saturated carbocycles. The van der Waals surface area contributed by atoms with Gasteiger partial charge in [-0.15, -0.1) is 11.3 Å². The first-order valence-electron chi connectivity index (χ1n) is 10.1. The molecule has 2 fully saturated rings. The summed E-state index contributed by atoms with van der Waals surface area (Å²) in [4.78, 5) is 38.7. The monoisotopic (exact) mass is 412 g/mol. The van der Waals surface area contributed by atoms with Crippen LogP contribution in [0.2, 0.25) is 0 Å². The molecule has 0 unspecified atom stereocenters. The topological polar surface area (TPSA) is 94.1 Å². The van der Waals surface area contributed by atoms with Gasteiger partial charge in [0, 0.05) is 35.0 Å². The molecule has 2 aliphatic carbocycles. The first-order valence-corrected chi connectivity index (χ1v) is 11.0. The van der Waals surface area contributed by atoms with Crippen LogP contribution in [-0.4, -0.2) is 32.9 Å². The van der Waals surface area contributed by atoms with Crippen LogP contribution in [0.15, 0.2) is 18.6 Å². The third kappa shape index (κ3) is 2.87. The number of amides is 1. The second-order valence-electron chi connectivity index (χ2n) is 8.91. The molecule has 152 valence electrons. The summed E-state index contributed by atoms with van der Waals surface area (Å²) in [5, 5.41) is 3.46. The average molecular weight is 413 g/mol. The molecule has 5 rings (SSSR count). The van der Waals surface area contributed by atoms with Gasteiger partial charge < -0.3 is 4.74 Å². The standard InChI is InChI=1S/C21H24N4O3S/c1-10-12-4-5-21(3)8-14-16(11(2)15(21)17(12)28-19(10)27)24-20(29-14)25-18(26)13-9-22-6-7-23-13/h6-7,9-12,15,17H,4-5,8H2,1-3H3,(H,24,25,26)/t10-,11-,12-,15+,17-,21+/m0/s1. The molecule has 1 N–H and O–H groups in total. The smallest absolute Gasteiger partial charge is 0.309 e. The molecule has 2 aromatic heterocycles. The van der Waals surface area contributed by atoms with Crippen molar-refractivity contribution in [3.8, 4) is 0 Å². The van der Waals surface area contributed by atoms with E-state index in [9.17, 15) is 9.59 Å². The first-order chi connectivity index (χ1) is 13.9. The number of nitrogens with zero attached hydrogens (tertiary/aromatic N) is 3. The summed E-state index contributed by atoms with van der Waals surface area (Å²) >= 11 is 1.54. The molecular formula is C21H24N4O3S. The summed E-state index contributed by atoms with van der Waals surface area (Å²) in [5.41, 5.74) is 1.38. The Balaban J connectivity index is 1.44. The molecular weight excluding hydrogens is 388 g/mol. The zero-order valence-electron chi connectivity index (χ0n) is 16.7. The van der Waals surface area contributed by atoms with Gasteiger partial charge in [0.05, 0.1) is 17.8 Å². The van der Waals surface area contributed by atoms with Gasteiger partial charge in [-0.3, -0.25) is 19.9 Å². The van der Waals surface area contributed by atoms with Crippen LogP contribution in [0.25, 0.3) is 0 Å². The van der Waals surface area contributed by atoms with E-state index in [1.54, 1.807) is 11.3 Å². The van der Waals surface area contributed by atoms with E-state index in [4.69, 9.17) is 9.72 Å². The summed E-state index contributed by atoms with van der Waals surface area (Å²) in [6.45, 7) is 6.51. The van der Waals surface area contributed by atoms with Crippen molar-refractivity contribution >= 4 is 28.3 Å². The summed E-state index contributed by atoms with van der Waals surface area (Å²) in [7, 11) is 0. The highest BCUT2D eigenvalue weighted by Gasteiger charge is 2.58. The molecule has 1 saturated heterocycles. The van der Waals surface area contributed by atoms with Crippen molar-refractivity contribution < 1.29 is 14.3 Å². The zero-order valence-corrected chi connectivity index (χ0v) is 17.5. The number of ether oxygens (including phenoxy) is 1. The van der Waals surface area contributed by atoms with E-state index in [-0.39, 0.29) is 46.8 Å². The molecule has 29 heavy (non-hydrogen) atoms. The number of fused-ring (bicyclic) bond motifs is 4. The largest absolute Gasteiger partial charge is 0.461 e. The highest BCUT2D eigenvalue weighted by Crippen LogP contribution is 2.59. The van der Waals surface area contributed by atoms with Crippen LogP contribution in [-0.2, 0) is 16.0 Å². The van der Waals surface area contributed by atoms with Crippen LogP contribution in [0.1, 0.15) is 60.6 Å². The summed E-state index contributed by atoms with van der Waals surface area (Å²) in [5.74, 6) is 0.354. The highest BCUT2D eigenvalue weighted by atomic mass is 32.1. The van der Waals surface area contributed by atoms with Gasteiger partial charge in [0.2, 0.25) is 0 Å². The Labute approximate surface area is 173 Å². The maximum atomic E-state index is 12.4. The van der Waals surface area contributed by atoms with E-state index >= 15 is 0 Å². The molecule has 0 spiro atoms. The Bertz CT molecular complexity index is 978. The Morgan fingerprint density at radius 2 is 2.14 bits per heavy atom. The number of carbonyl (C=O) groups is 2. The minimum absolute atomic E-state index is 0.0181. The lowest BCUT2D eigenvalue weighted by molar-refractivity contribution is -0.149. The number of anilines is 1. The van der Waals surface area contributed by atoms with Crippen LogP contribution in [0.3, 0.4) is 0 Å². The van der Waals surface area contributed by atoms with Crippen LogP contribution in [0.5, 0.6) is 0 Å². The number of nitrogens with one attached hydrogen (secondary N) is 1. The number of hydrogen-bond acceptors (Lipinski definition) is 7. The molecule has 7 nitrogen and oxygen atoms in total. The van der Waals surface area contributed by atoms with Crippen molar-refractivity contribution in [2.24, 2.45) is 23.2 Å². The van der Waals surface area contributed by atoms with E-state index in [2.05, 4.69) is 29.1 Å². The van der Waals surface area contributed by atoms with Crippen LogP contribution in [0.4, 0.5) is 5.13 Å². The Kier molecular flexibility index (Phi) is 4.24. The van der Waals surface area contributed by atoms with Crippen molar-refractivity contribution in [2.75, 3.05) is 5.32 Å². The first kappa shape index (κ1) is 18.7.